The van der Waals surface area contributed by atoms with Gasteiger partial charge in [0.05, 0.1) is 18.1 Å². The minimum atomic E-state index is -3.46. The van der Waals surface area contributed by atoms with Crippen LogP contribution in [0.25, 0.3) is 11.1 Å². The molecule has 0 bridgehead atoms. The van der Waals surface area contributed by atoms with Crippen molar-refractivity contribution in [3.8, 4) is 11.1 Å². The van der Waals surface area contributed by atoms with Crippen molar-refractivity contribution in [2.24, 2.45) is 0 Å². The third-order valence-electron chi connectivity index (χ3n) is 6.24. The first kappa shape index (κ1) is 25.2. The van der Waals surface area contributed by atoms with E-state index in [-0.39, 0.29) is 24.8 Å². The van der Waals surface area contributed by atoms with E-state index in [1.54, 1.807) is 12.1 Å². The number of aromatic nitrogens is 1. The molecule has 7 nitrogen and oxygen atoms in total. The first-order valence-electron chi connectivity index (χ1n) is 10.7. The molecule has 0 spiro atoms. The van der Waals surface area contributed by atoms with Crippen molar-refractivity contribution in [3.05, 3.63) is 42.6 Å². The van der Waals surface area contributed by atoms with E-state index in [1.807, 2.05) is 18.3 Å². The van der Waals surface area contributed by atoms with E-state index in [4.69, 9.17) is 4.74 Å². The molecule has 1 aromatic carbocycles. The third kappa shape index (κ3) is 5.38. The number of sulfonamides is 1. The zero-order valence-corrected chi connectivity index (χ0v) is 20.4. The van der Waals surface area contributed by atoms with E-state index in [9.17, 15) is 8.42 Å². The zero-order chi connectivity index (χ0) is 20.6. The van der Waals surface area contributed by atoms with Gasteiger partial charge >= 0.3 is 0 Å². The Morgan fingerprint density at radius 1 is 0.812 bits per heavy atom. The Balaban J connectivity index is 0.00000144. The van der Waals surface area contributed by atoms with Crippen LogP contribution in [0, 0.1) is 0 Å². The molecule has 1 aliphatic carbocycles. The second-order valence-corrected chi connectivity index (χ2v) is 10.1. The van der Waals surface area contributed by atoms with Gasteiger partial charge in [-0.1, -0.05) is 12.1 Å². The maximum Gasteiger partial charge on any atom is 0.243 e. The molecule has 1 aromatic heterocycles. The van der Waals surface area contributed by atoms with Crippen LogP contribution < -0.4 is 4.90 Å². The van der Waals surface area contributed by atoms with Crippen LogP contribution >= 0.6 is 24.8 Å². The van der Waals surface area contributed by atoms with Crippen molar-refractivity contribution in [3.63, 3.8) is 0 Å². The molecule has 10 heteroatoms. The Hall–Kier alpha value is -1.42. The van der Waals surface area contributed by atoms with E-state index >= 15 is 0 Å². The largest absolute Gasteiger partial charge is 0.379 e. The summed E-state index contributed by atoms with van der Waals surface area (Å²) < 4.78 is 32.3. The summed E-state index contributed by atoms with van der Waals surface area (Å²) in [5, 5.41) is 0. The Kier molecular flexibility index (Phi) is 8.41. The zero-order valence-electron chi connectivity index (χ0n) is 17.9. The fourth-order valence-corrected chi connectivity index (χ4v) is 5.66. The second kappa shape index (κ2) is 10.7. The average Bonchev–Trinajstić information content (AvgIpc) is 3.66. The van der Waals surface area contributed by atoms with Crippen molar-refractivity contribution in [1.29, 1.82) is 0 Å². The summed E-state index contributed by atoms with van der Waals surface area (Å²) in [6.07, 6.45) is 4.60. The van der Waals surface area contributed by atoms with Gasteiger partial charge in [-0.15, -0.1) is 24.8 Å². The number of anilines is 1. The van der Waals surface area contributed by atoms with Crippen LogP contribution in [-0.4, -0.2) is 81.1 Å². The number of hydrogen-bond acceptors (Lipinski definition) is 6. The number of pyridine rings is 1. The summed E-state index contributed by atoms with van der Waals surface area (Å²) in [6, 6.07) is 12.1. The van der Waals surface area contributed by atoms with E-state index in [0.717, 1.165) is 49.2 Å². The molecule has 176 valence electrons. The van der Waals surface area contributed by atoms with Crippen LogP contribution in [0.3, 0.4) is 0 Å². The van der Waals surface area contributed by atoms with Gasteiger partial charge in [0.25, 0.3) is 0 Å². The number of rotatable bonds is 5. The highest BCUT2D eigenvalue weighted by Crippen LogP contribution is 2.29. The normalized spacial score (nSPS) is 20.3. The van der Waals surface area contributed by atoms with Gasteiger partial charge in [-0.3, -0.25) is 4.90 Å². The van der Waals surface area contributed by atoms with E-state index in [1.165, 1.54) is 17.1 Å². The van der Waals surface area contributed by atoms with Crippen LogP contribution in [0.4, 0.5) is 5.82 Å². The van der Waals surface area contributed by atoms with Crippen molar-refractivity contribution in [2.45, 2.75) is 23.8 Å². The van der Waals surface area contributed by atoms with Crippen molar-refractivity contribution < 1.29 is 13.2 Å². The maximum atomic E-state index is 12.8. The van der Waals surface area contributed by atoms with Crippen LogP contribution in [0.2, 0.25) is 0 Å². The van der Waals surface area contributed by atoms with Gasteiger partial charge in [-0.2, -0.15) is 4.31 Å². The van der Waals surface area contributed by atoms with Crippen LogP contribution in [0.1, 0.15) is 12.8 Å². The quantitative estimate of drug-likeness (QED) is 0.628. The number of ether oxygens (including phenoxy) is 1. The van der Waals surface area contributed by atoms with Gasteiger partial charge in [-0.25, -0.2) is 13.4 Å². The van der Waals surface area contributed by atoms with E-state index < -0.39 is 10.0 Å². The second-order valence-electron chi connectivity index (χ2n) is 8.20. The molecule has 0 unspecified atom stereocenters. The average molecular weight is 501 g/mol. The molecular weight excluding hydrogens is 471 g/mol. The maximum absolute atomic E-state index is 12.8. The molecule has 2 aliphatic heterocycles. The minimum Gasteiger partial charge on any atom is -0.379 e. The van der Waals surface area contributed by atoms with Crippen molar-refractivity contribution in [2.75, 3.05) is 57.4 Å². The number of hydrogen-bond donors (Lipinski definition) is 0. The smallest absolute Gasteiger partial charge is 0.243 e. The molecule has 3 heterocycles. The molecule has 2 aromatic rings. The number of piperazine rings is 1. The Labute approximate surface area is 202 Å². The van der Waals surface area contributed by atoms with Crippen molar-refractivity contribution in [1.82, 2.24) is 14.2 Å². The minimum absolute atomic E-state index is 0. The topological polar surface area (TPSA) is 66.0 Å². The molecule has 5 rings (SSSR count). The highest BCUT2D eigenvalue weighted by molar-refractivity contribution is 7.89. The first-order chi connectivity index (χ1) is 14.6. The number of nitrogens with zero attached hydrogens (tertiary/aromatic N) is 4. The summed E-state index contributed by atoms with van der Waals surface area (Å²) in [6.45, 7) is 6.00. The van der Waals surface area contributed by atoms with Crippen LogP contribution in [-0.2, 0) is 14.8 Å². The molecule has 0 atom stereocenters. The lowest BCUT2D eigenvalue weighted by Crippen LogP contribution is -2.47. The molecule has 0 radical (unpaired) electrons. The fourth-order valence-electron chi connectivity index (χ4n) is 4.26. The predicted molar refractivity (Wildman–Crippen MR) is 131 cm³/mol. The number of morpholine rings is 1. The molecule has 1 saturated carbocycles. The third-order valence-corrected chi connectivity index (χ3v) is 8.16. The van der Waals surface area contributed by atoms with Gasteiger partial charge in [0, 0.05) is 57.1 Å². The first-order valence-corrected chi connectivity index (χ1v) is 12.2. The molecule has 32 heavy (non-hydrogen) atoms. The summed E-state index contributed by atoms with van der Waals surface area (Å²) in [4.78, 5) is 9.94. The van der Waals surface area contributed by atoms with Gasteiger partial charge in [0.1, 0.15) is 5.82 Å². The highest BCUT2D eigenvalue weighted by Gasteiger charge is 2.31. The lowest BCUT2D eigenvalue weighted by Gasteiger charge is -2.35. The number of benzene rings is 1. The van der Waals surface area contributed by atoms with Gasteiger partial charge in [0.2, 0.25) is 10.0 Å². The van der Waals surface area contributed by atoms with E-state index in [0.29, 0.717) is 31.2 Å². The highest BCUT2D eigenvalue weighted by atomic mass is 35.5. The van der Waals surface area contributed by atoms with Gasteiger partial charge < -0.3 is 9.64 Å². The van der Waals surface area contributed by atoms with Crippen LogP contribution in [0.15, 0.2) is 47.5 Å². The summed E-state index contributed by atoms with van der Waals surface area (Å²) >= 11 is 0. The lowest BCUT2D eigenvalue weighted by molar-refractivity contribution is 0.0730. The summed E-state index contributed by atoms with van der Waals surface area (Å²) in [5.74, 6) is 1.01. The SMILES string of the molecule is Cl.Cl.O=S(=O)(c1ccc(-c2ccc(N3CCN(C4CC4)CC3)nc2)cc1)N1CCOCC1. The fraction of sp³-hybridized carbons (Fsp3) is 0.500. The molecular formula is C22H30Cl2N4O3S. The Morgan fingerprint density at radius 3 is 2.00 bits per heavy atom. The molecule has 2 saturated heterocycles. The Bertz CT molecular complexity index is 971. The molecule has 3 aliphatic rings. The molecule has 0 amide bonds. The molecule has 3 fully saturated rings. The summed E-state index contributed by atoms with van der Waals surface area (Å²) in [5.41, 5.74) is 1.96. The predicted octanol–water partition coefficient (Wildman–Crippen LogP) is 2.90. The van der Waals surface area contributed by atoms with Crippen molar-refractivity contribution >= 4 is 40.7 Å². The monoisotopic (exact) mass is 500 g/mol. The Morgan fingerprint density at radius 2 is 1.44 bits per heavy atom. The number of halogens is 2. The standard InChI is InChI=1S/C22H28N4O3S.2ClH/c27-30(28,26-13-15-29-16-14-26)21-6-1-18(2-7-21)19-3-8-22(23-17-19)25-11-9-24(10-12-25)20-4-5-20;;/h1-3,6-8,17,20H,4-5,9-16H2;2*1H. The summed E-state index contributed by atoms with van der Waals surface area (Å²) in [7, 11) is -3.46. The van der Waals surface area contributed by atoms with E-state index in [2.05, 4.69) is 26.9 Å². The lowest BCUT2D eigenvalue weighted by atomic mass is 10.1. The van der Waals surface area contributed by atoms with Crippen LogP contribution in [0.5, 0.6) is 0 Å². The van der Waals surface area contributed by atoms with Gasteiger partial charge in [0.15, 0.2) is 0 Å². The molecule has 0 N–H and O–H groups in total. The van der Waals surface area contributed by atoms with Gasteiger partial charge in [-0.05, 0) is 42.7 Å².